The fourth-order valence-electron chi connectivity index (χ4n) is 3.11. The van der Waals surface area contributed by atoms with Gasteiger partial charge in [0.2, 0.25) is 11.1 Å². The number of ether oxygens (including phenoxy) is 1. The van der Waals surface area contributed by atoms with E-state index in [4.69, 9.17) is 16.3 Å². The summed E-state index contributed by atoms with van der Waals surface area (Å²) in [6, 6.07) is 12.9. The van der Waals surface area contributed by atoms with Crippen LogP contribution in [-0.4, -0.2) is 33.1 Å². The number of nitrogens with zero attached hydrogens (tertiary/aromatic N) is 3. The number of nitrogens with one attached hydrogen (secondary N) is 2. The highest BCUT2D eigenvalue weighted by Crippen LogP contribution is 2.38. The standard InChI is InChI=1S/C20H20ClN5O2S/c1-11-4-7-14(10-16(11)21)22-19(27)18-17(13-5-8-15(28-3)9-6-13)25-26-12(2)23-24-20(26)29-18/h4-10,17-18,25H,1-3H3,(H,22,27)/t17-,18+/m0/s1. The van der Waals surface area contributed by atoms with E-state index in [0.717, 1.165) is 22.7 Å². The molecule has 0 bridgehead atoms. The molecule has 2 atom stereocenters. The molecule has 29 heavy (non-hydrogen) atoms. The Balaban J connectivity index is 1.65. The first-order chi connectivity index (χ1) is 14.0. The van der Waals surface area contributed by atoms with Gasteiger partial charge in [-0.3, -0.25) is 4.79 Å². The van der Waals surface area contributed by atoms with E-state index in [9.17, 15) is 4.79 Å². The van der Waals surface area contributed by atoms with Gasteiger partial charge in [-0.15, -0.1) is 10.2 Å². The number of methoxy groups -OCH3 is 1. The molecule has 2 heterocycles. The zero-order valence-corrected chi connectivity index (χ0v) is 17.7. The third-order valence-corrected chi connectivity index (χ3v) is 6.39. The first-order valence-corrected chi connectivity index (χ1v) is 10.3. The Kier molecular flexibility index (Phi) is 5.38. The van der Waals surface area contributed by atoms with E-state index >= 15 is 0 Å². The monoisotopic (exact) mass is 429 g/mol. The molecule has 2 aromatic carbocycles. The Hall–Kier alpha value is -2.71. The highest BCUT2D eigenvalue weighted by atomic mass is 35.5. The number of aromatic nitrogens is 3. The second-order valence-corrected chi connectivity index (χ2v) is 8.25. The number of benzene rings is 2. The third-order valence-electron chi connectivity index (χ3n) is 4.77. The summed E-state index contributed by atoms with van der Waals surface area (Å²) in [7, 11) is 1.62. The largest absolute Gasteiger partial charge is 0.497 e. The van der Waals surface area contributed by atoms with Gasteiger partial charge < -0.3 is 15.5 Å². The molecule has 1 aliphatic rings. The van der Waals surface area contributed by atoms with E-state index in [1.807, 2.05) is 54.9 Å². The molecule has 2 N–H and O–H groups in total. The van der Waals surface area contributed by atoms with E-state index in [1.165, 1.54) is 11.8 Å². The van der Waals surface area contributed by atoms with Crippen molar-refractivity contribution in [2.75, 3.05) is 17.9 Å². The number of fused-ring (bicyclic) bond motifs is 1. The topological polar surface area (TPSA) is 81.1 Å². The number of anilines is 1. The van der Waals surface area contributed by atoms with Gasteiger partial charge in [0, 0.05) is 10.7 Å². The Morgan fingerprint density at radius 2 is 1.97 bits per heavy atom. The maximum Gasteiger partial charge on any atom is 0.240 e. The molecule has 7 nitrogen and oxygen atoms in total. The minimum atomic E-state index is -0.459. The number of carbonyl (C=O) groups excluding carboxylic acids is 1. The Labute approximate surface area is 177 Å². The molecule has 4 rings (SSSR count). The maximum atomic E-state index is 13.2. The molecule has 1 aromatic heterocycles. The van der Waals surface area contributed by atoms with Crippen LogP contribution in [0.25, 0.3) is 0 Å². The summed E-state index contributed by atoms with van der Waals surface area (Å²) >= 11 is 7.58. The van der Waals surface area contributed by atoms with Gasteiger partial charge in [-0.2, -0.15) is 0 Å². The van der Waals surface area contributed by atoms with Gasteiger partial charge >= 0.3 is 0 Å². The summed E-state index contributed by atoms with van der Waals surface area (Å²) in [5.41, 5.74) is 5.95. The zero-order chi connectivity index (χ0) is 20.5. The van der Waals surface area contributed by atoms with Gasteiger partial charge in [0.15, 0.2) is 0 Å². The van der Waals surface area contributed by atoms with Crippen molar-refractivity contribution in [1.29, 1.82) is 0 Å². The van der Waals surface area contributed by atoms with Crippen molar-refractivity contribution in [3.8, 4) is 5.75 Å². The van der Waals surface area contributed by atoms with Gasteiger partial charge in [0.1, 0.15) is 16.8 Å². The second kappa shape index (κ2) is 7.96. The first kappa shape index (κ1) is 19.6. The minimum absolute atomic E-state index is 0.143. The normalized spacial score (nSPS) is 17.9. The van der Waals surface area contributed by atoms with Crippen LogP contribution in [0.4, 0.5) is 5.69 Å². The number of thioether (sulfide) groups is 1. The number of rotatable bonds is 4. The number of hydrogen-bond acceptors (Lipinski definition) is 6. The van der Waals surface area contributed by atoms with Crippen molar-refractivity contribution < 1.29 is 9.53 Å². The number of amides is 1. The van der Waals surface area contributed by atoms with Crippen molar-refractivity contribution in [3.63, 3.8) is 0 Å². The number of carbonyl (C=O) groups is 1. The zero-order valence-electron chi connectivity index (χ0n) is 16.1. The molecule has 0 unspecified atom stereocenters. The quantitative estimate of drug-likeness (QED) is 0.653. The van der Waals surface area contributed by atoms with E-state index in [0.29, 0.717) is 15.9 Å². The highest BCUT2D eigenvalue weighted by molar-refractivity contribution is 8.00. The van der Waals surface area contributed by atoms with Crippen LogP contribution in [0.3, 0.4) is 0 Å². The molecule has 0 radical (unpaired) electrons. The van der Waals surface area contributed by atoms with Gasteiger partial charge in [-0.1, -0.05) is 41.6 Å². The number of aryl methyl sites for hydroxylation is 2. The van der Waals surface area contributed by atoms with Gasteiger partial charge in [0.25, 0.3) is 0 Å². The molecule has 1 aliphatic heterocycles. The molecule has 1 amide bonds. The summed E-state index contributed by atoms with van der Waals surface area (Å²) in [4.78, 5) is 13.2. The van der Waals surface area contributed by atoms with Crippen molar-refractivity contribution in [1.82, 2.24) is 14.9 Å². The molecule has 0 aliphatic carbocycles. The van der Waals surface area contributed by atoms with Crippen LogP contribution in [-0.2, 0) is 4.79 Å². The molecular formula is C20H20ClN5O2S. The van der Waals surface area contributed by atoms with Gasteiger partial charge in [-0.05, 0) is 49.2 Å². The summed E-state index contributed by atoms with van der Waals surface area (Å²) in [6.45, 7) is 3.79. The SMILES string of the molecule is COc1ccc([C@@H]2Nn3c(C)nnc3S[C@H]2C(=O)Nc2ccc(C)c(Cl)c2)cc1. The average Bonchev–Trinajstić information content (AvgIpc) is 3.10. The van der Waals surface area contributed by atoms with Crippen molar-refractivity contribution in [3.05, 3.63) is 64.4 Å². The Morgan fingerprint density at radius 3 is 2.66 bits per heavy atom. The molecule has 3 aromatic rings. The lowest BCUT2D eigenvalue weighted by Gasteiger charge is -2.32. The van der Waals surface area contributed by atoms with Crippen LogP contribution in [0.15, 0.2) is 47.6 Å². The van der Waals surface area contributed by atoms with Crippen LogP contribution in [0, 0.1) is 13.8 Å². The van der Waals surface area contributed by atoms with E-state index in [1.54, 1.807) is 13.2 Å². The van der Waals surface area contributed by atoms with Crippen LogP contribution >= 0.6 is 23.4 Å². The number of hydrogen-bond donors (Lipinski definition) is 2. The lowest BCUT2D eigenvalue weighted by atomic mass is 10.0. The van der Waals surface area contributed by atoms with Crippen LogP contribution in [0.5, 0.6) is 5.75 Å². The number of halogens is 1. The van der Waals surface area contributed by atoms with Crippen molar-refractivity contribution >= 4 is 35.0 Å². The van der Waals surface area contributed by atoms with E-state index < -0.39 is 5.25 Å². The molecule has 0 saturated carbocycles. The van der Waals surface area contributed by atoms with Gasteiger partial charge in [0.05, 0.1) is 13.2 Å². The predicted octanol–water partition coefficient (Wildman–Crippen LogP) is 3.95. The summed E-state index contributed by atoms with van der Waals surface area (Å²) in [5.74, 6) is 1.35. The molecular weight excluding hydrogens is 410 g/mol. The molecule has 0 spiro atoms. The van der Waals surface area contributed by atoms with Crippen LogP contribution in [0.2, 0.25) is 5.02 Å². The van der Waals surface area contributed by atoms with E-state index in [2.05, 4.69) is 20.9 Å². The summed E-state index contributed by atoms with van der Waals surface area (Å²) < 4.78 is 7.06. The van der Waals surface area contributed by atoms with E-state index in [-0.39, 0.29) is 11.9 Å². The fraction of sp³-hybridized carbons (Fsp3) is 0.250. The van der Waals surface area contributed by atoms with Crippen molar-refractivity contribution in [2.45, 2.75) is 30.3 Å². The van der Waals surface area contributed by atoms with Crippen molar-refractivity contribution in [2.24, 2.45) is 0 Å². The van der Waals surface area contributed by atoms with Crippen LogP contribution in [0.1, 0.15) is 23.0 Å². The van der Waals surface area contributed by atoms with Crippen LogP contribution < -0.4 is 15.5 Å². The lowest BCUT2D eigenvalue weighted by Crippen LogP contribution is -2.41. The first-order valence-electron chi connectivity index (χ1n) is 9.02. The minimum Gasteiger partial charge on any atom is -0.497 e. The molecule has 150 valence electrons. The fourth-order valence-corrected chi connectivity index (χ4v) is 4.41. The summed E-state index contributed by atoms with van der Waals surface area (Å²) in [5, 5.41) is 12.1. The van der Waals surface area contributed by atoms with Gasteiger partial charge in [-0.25, -0.2) is 4.68 Å². The molecule has 0 saturated heterocycles. The summed E-state index contributed by atoms with van der Waals surface area (Å²) in [6.07, 6.45) is 0. The molecule has 0 fully saturated rings. The lowest BCUT2D eigenvalue weighted by molar-refractivity contribution is -0.116. The average molecular weight is 430 g/mol. The predicted molar refractivity (Wildman–Crippen MR) is 114 cm³/mol. The maximum absolute atomic E-state index is 13.2. The Bertz CT molecular complexity index is 1050. The highest BCUT2D eigenvalue weighted by Gasteiger charge is 2.37. The molecule has 9 heteroatoms. The smallest absolute Gasteiger partial charge is 0.240 e. The second-order valence-electron chi connectivity index (χ2n) is 6.74. The third kappa shape index (κ3) is 3.90. The Morgan fingerprint density at radius 1 is 1.21 bits per heavy atom.